The van der Waals surface area contributed by atoms with Crippen LogP contribution in [0.25, 0.3) is 5.70 Å². The summed E-state index contributed by atoms with van der Waals surface area (Å²) in [6.45, 7) is 4.41. The molecule has 4 heteroatoms. The highest BCUT2D eigenvalue weighted by atomic mass is 16.5. The zero-order chi connectivity index (χ0) is 20.4. The number of allylic oxidation sites excluding steroid dienone is 1. The molecule has 29 heavy (non-hydrogen) atoms. The number of fused-ring (bicyclic) bond motifs is 1. The molecule has 0 atom stereocenters. The Kier molecular flexibility index (Phi) is 4.27. The molecule has 4 aliphatic carbocycles. The lowest BCUT2D eigenvalue weighted by atomic mass is 9.48. The van der Waals surface area contributed by atoms with Gasteiger partial charge in [0.25, 0.3) is 0 Å². The summed E-state index contributed by atoms with van der Waals surface area (Å²) < 4.78 is 5.58. The van der Waals surface area contributed by atoms with E-state index in [1.54, 1.807) is 7.11 Å². The Morgan fingerprint density at radius 2 is 1.76 bits per heavy atom. The molecule has 5 aliphatic rings. The summed E-state index contributed by atoms with van der Waals surface area (Å²) in [5.74, 6) is 3.57. The molecule has 2 N–H and O–H groups in total. The molecule has 0 radical (unpaired) electrons. The number of hydrogen-bond donors (Lipinski definition) is 2. The minimum absolute atomic E-state index is 0.0905. The highest BCUT2D eigenvalue weighted by molar-refractivity contribution is 6.01. The number of ketones is 1. The van der Waals surface area contributed by atoms with E-state index in [1.807, 2.05) is 13.1 Å². The maximum Gasteiger partial charge on any atom is 0.163 e. The Morgan fingerprint density at radius 3 is 2.31 bits per heavy atom. The first-order chi connectivity index (χ1) is 13.8. The third-order valence-corrected chi connectivity index (χ3v) is 7.93. The van der Waals surface area contributed by atoms with E-state index in [4.69, 9.17) is 4.74 Å². The molecule has 0 aromatic heterocycles. The monoisotopic (exact) mass is 394 g/mol. The standard InChI is InChI=1S/C25H34N2O2/c1-24(2)14-18-8-22(29-4)21(26-3)9-19(18)20(27-24)10-23(28)25-11-15-5-16(12-25)7-17(6-15)13-25/h8-10,15-17,26-27H,5-7,11-14H2,1-4H3. The van der Waals surface area contributed by atoms with E-state index in [0.717, 1.165) is 66.1 Å². The second kappa shape index (κ2) is 6.52. The Hall–Kier alpha value is -1.97. The molecule has 156 valence electrons. The summed E-state index contributed by atoms with van der Waals surface area (Å²) in [4.78, 5) is 13.7. The van der Waals surface area contributed by atoms with Gasteiger partial charge < -0.3 is 15.4 Å². The molecule has 1 heterocycles. The minimum Gasteiger partial charge on any atom is -0.495 e. The Morgan fingerprint density at radius 1 is 1.14 bits per heavy atom. The zero-order valence-electron chi connectivity index (χ0n) is 18.2. The van der Waals surface area contributed by atoms with Crippen molar-refractivity contribution in [2.45, 2.75) is 64.3 Å². The summed E-state index contributed by atoms with van der Waals surface area (Å²) in [7, 11) is 3.62. The van der Waals surface area contributed by atoms with Gasteiger partial charge in [0.05, 0.1) is 12.8 Å². The highest BCUT2D eigenvalue weighted by Crippen LogP contribution is 2.60. The number of methoxy groups -OCH3 is 1. The first-order valence-electron chi connectivity index (χ1n) is 11.2. The molecule has 0 unspecified atom stereocenters. The van der Waals surface area contributed by atoms with E-state index in [9.17, 15) is 4.79 Å². The van der Waals surface area contributed by atoms with Crippen molar-refractivity contribution in [3.05, 3.63) is 29.3 Å². The molecule has 0 spiro atoms. The first-order valence-corrected chi connectivity index (χ1v) is 11.2. The average molecular weight is 395 g/mol. The fourth-order valence-corrected chi connectivity index (χ4v) is 7.15. The van der Waals surface area contributed by atoms with Gasteiger partial charge in [-0.2, -0.15) is 0 Å². The van der Waals surface area contributed by atoms with E-state index in [0.29, 0.717) is 5.78 Å². The maximum atomic E-state index is 13.7. The molecule has 0 saturated heterocycles. The van der Waals surface area contributed by atoms with Crippen LogP contribution in [0.4, 0.5) is 5.69 Å². The van der Waals surface area contributed by atoms with Crippen molar-refractivity contribution in [3.63, 3.8) is 0 Å². The number of hydrogen-bond acceptors (Lipinski definition) is 4. The van der Waals surface area contributed by atoms with Gasteiger partial charge in [-0.1, -0.05) is 0 Å². The maximum absolute atomic E-state index is 13.7. The molecule has 1 aromatic rings. The smallest absolute Gasteiger partial charge is 0.163 e. The Balaban J connectivity index is 1.54. The van der Waals surface area contributed by atoms with Crippen molar-refractivity contribution < 1.29 is 9.53 Å². The Labute approximate surface area is 174 Å². The molecular formula is C25H34N2O2. The summed E-state index contributed by atoms with van der Waals surface area (Å²) in [5, 5.41) is 6.91. The lowest BCUT2D eigenvalue weighted by Crippen LogP contribution is -2.50. The van der Waals surface area contributed by atoms with Crippen LogP contribution in [0.5, 0.6) is 5.75 Å². The van der Waals surface area contributed by atoms with E-state index < -0.39 is 0 Å². The van der Waals surface area contributed by atoms with Gasteiger partial charge in [0, 0.05) is 35.3 Å². The zero-order valence-corrected chi connectivity index (χ0v) is 18.2. The minimum atomic E-state index is -0.0938. The fraction of sp³-hybridized carbons (Fsp3) is 0.640. The summed E-state index contributed by atoms with van der Waals surface area (Å²) >= 11 is 0. The lowest BCUT2D eigenvalue weighted by Gasteiger charge is -2.55. The van der Waals surface area contributed by atoms with Crippen LogP contribution in [0.2, 0.25) is 0 Å². The van der Waals surface area contributed by atoms with Gasteiger partial charge in [-0.3, -0.25) is 4.79 Å². The molecule has 0 amide bonds. The summed E-state index contributed by atoms with van der Waals surface area (Å²) in [6.07, 6.45) is 10.3. The third kappa shape index (κ3) is 3.15. The average Bonchev–Trinajstić information content (AvgIpc) is 2.65. The molecule has 1 aromatic carbocycles. The number of carbonyl (C=O) groups is 1. The van der Waals surface area contributed by atoms with E-state index in [-0.39, 0.29) is 11.0 Å². The van der Waals surface area contributed by atoms with Gasteiger partial charge in [-0.25, -0.2) is 0 Å². The quantitative estimate of drug-likeness (QED) is 0.721. The van der Waals surface area contributed by atoms with Crippen LogP contribution in [0.3, 0.4) is 0 Å². The van der Waals surface area contributed by atoms with Crippen molar-refractivity contribution in [1.29, 1.82) is 0 Å². The predicted molar refractivity (Wildman–Crippen MR) is 117 cm³/mol. The van der Waals surface area contributed by atoms with Crippen LogP contribution in [-0.4, -0.2) is 25.5 Å². The van der Waals surface area contributed by atoms with Crippen LogP contribution in [0.1, 0.15) is 63.5 Å². The van der Waals surface area contributed by atoms with Gasteiger partial charge in [-0.05, 0) is 94.2 Å². The van der Waals surface area contributed by atoms with Crippen LogP contribution < -0.4 is 15.4 Å². The van der Waals surface area contributed by atoms with Crippen molar-refractivity contribution in [3.8, 4) is 5.75 Å². The molecule has 1 aliphatic heterocycles. The van der Waals surface area contributed by atoms with Crippen molar-refractivity contribution in [2.24, 2.45) is 23.2 Å². The predicted octanol–water partition coefficient (Wildman–Crippen LogP) is 4.79. The number of benzene rings is 1. The summed E-state index contributed by atoms with van der Waals surface area (Å²) in [5.41, 5.74) is 4.13. The number of carbonyl (C=O) groups excluding carboxylic acids is 1. The fourth-order valence-electron chi connectivity index (χ4n) is 7.15. The van der Waals surface area contributed by atoms with Crippen LogP contribution in [-0.2, 0) is 11.2 Å². The first kappa shape index (κ1) is 19.0. The van der Waals surface area contributed by atoms with Crippen molar-refractivity contribution in [2.75, 3.05) is 19.5 Å². The number of rotatable bonds is 4. The van der Waals surface area contributed by atoms with Gasteiger partial charge in [0.2, 0.25) is 0 Å². The van der Waals surface area contributed by atoms with Gasteiger partial charge in [0.15, 0.2) is 5.78 Å². The van der Waals surface area contributed by atoms with Crippen LogP contribution >= 0.6 is 0 Å². The number of nitrogens with one attached hydrogen (secondary N) is 2. The van der Waals surface area contributed by atoms with E-state index >= 15 is 0 Å². The molecule has 4 nitrogen and oxygen atoms in total. The SMILES string of the molecule is CNc1cc2c(cc1OC)CC(C)(C)NC2=CC(=O)C12CC3CC(CC(C3)C1)C2. The van der Waals surface area contributed by atoms with Gasteiger partial charge >= 0.3 is 0 Å². The molecule has 6 rings (SSSR count). The van der Waals surface area contributed by atoms with Gasteiger partial charge in [0.1, 0.15) is 5.75 Å². The molecule has 4 saturated carbocycles. The molecule has 4 bridgehead atoms. The second-order valence-corrected chi connectivity index (χ2v) is 10.8. The Bertz CT molecular complexity index is 848. The van der Waals surface area contributed by atoms with Gasteiger partial charge in [-0.15, -0.1) is 0 Å². The third-order valence-electron chi connectivity index (χ3n) is 7.93. The van der Waals surface area contributed by atoms with E-state index in [2.05, 4.69) is 36.6 Å². The van der Waals surface area contributed by atoms with Crippen LogP contribution in [0.15, 0.2) is 18.2 Å². The van der Waals surface area contributed by atoms with Crippen molar-refractivity contribution >= 4 is 17.2 Å². The lowest BCUT2D eigenvalue weighted by molar-refractivity contribution is -0.138. The normalized spacial score (nSPS) is 35.2. The molecule has 4 fully saturated rings. The highest BCUT2D eigenvalue weighted by Gasteiger charge is 2.54. The van der Waals surface area contributed by atoms with E-state index in [1.165, 1.54) is 24.8 Å². The second-order valence-electron chi connectivity index (χ2n) is 10.8. The number of ether oxygens (including phenoxy) is 1. The number of anilines is 1. The largest absolute Gasteiger partial charge is 0.495 e. The molecular weight excluding hydrogens is 360 g/mol. The van der Waals surface area contributed by atoms with Crippen LogP contribution in [0, 0.1) is 23.2 Å². The van der Waals surface area contributed by atoms with Crippen molar-refractivity contribution in [1.82, 2.24) is 5.32 Å². The topological polar surface area (TPSA) is 50.4 Å². The summed E-state index contributed by atoms with van der Waals surface area (Å²) in [6, 6.07) is 4.27.